The second-order valence-electron chi connectivity index (χ2n) is 11.1. The zero-order valence-corrected chi connectivity index (χ0v) is 25.9. The number of carbonyl (C=O) groups is 2. The predicted molar refractivity (Wildman–Crippen MR) is 168 cm³/mol. The Hall–Kier alpha value is -2.78. The van der Waals surface area contributed by atoms with Crippen molar-refractivity contribution in [2.24, 2.45) is 11.1 Å². The predicted octanol–water partition coefficient (Wildman–Crippen LogP) is 5.24. The third-order valence-corrected chi connectivity index (χ3v) is 7.93. The average Bonchev–Trinajstić information content (AvgIpc) is 3.41. The fourth-order valence-electron chi connectivity index (χ4n) is 4.89. The van der Waals surface area contributed by atoms with Gasteiger partial charge in [0.1, 0.15) is 17.6 Å². The Balaban J connectivity index is 1.79. The van der Waals surface area contributed by atoms with E-state index >= 15 is 0 Å². The molecule has 3 rings (SSSR count). The quantitative estimate of drug-likeness (QED) is 0.185. The first-order valence-electron chi connectivity index (χ1n) is 14.1. The summed E-state index contributed by atoms with van der Waals surface area (Å²) >= 11 is 12.2. The Morgan fingerprint density at radius 3 is 2.56 bits per heavy atom. The molecule has 5 atom stereocenters. The molecule has 0 saturated carbocycles. The summed E-state index contributed by atoms with van der Waals surface area (Å²) in [6.07, 6.45) is 6.39. The Labute approximate surface area is 254 Å². The van der Waals surface area contributed by atoms with Gasteiger partial charge in [-0.25, -0.2) is 0 Å². The molecule has 1 fully saturated rings. The number of halogens is 1. The number of thiocarbonyl (C=S) groups is 1. The van der Waals surface area contributed by atoms with Crippen molar-refractivity contribution in [3.05, 3.63) is 82.9 Å². The summed E-state index contributed by atoms with van der Waals surface area (Å²) in [4.78, 5) is 27.1. The zero-order chi connectivity index (χ0) is 30.0. The summed E-state index contributed by atoms with van der Waals surface area (Å²) in [7, 11) is 0. The summed E-state index contributed by atoms with van der Waals surface area (Å²) in [6, 6.07) is 16.4. The van der Waals surface area contributed by atoms with E-state index in [2.05, 4.69) is 29.3 Å². The third-order valence-electron chi connectivity index (χ3n) is 7.21. The van der Waals surface area contributed by atoms with Crippen LogP contribution >= 0.6 is 23.8 Å². The van der Waals surface area contributed by atoms with Crippen LogP contribution in [0.15, 0.2) is 66.7 Å². The van der Waals surface area contributed by atoms with Crippen LogP contribution in [0.25, 0.3) is 0 Å². The smallest absolute Gasteiger partial charge is 0.302 e. The molecule has 0 radical (unpaired) electrons. The van der Waals surface area contributed by atoms with Gasteiger partial charge < -0.3 is 25.4 Å². The van der Waals surface area contributed by atoms with Crippen molar-refractivity contribution in [1.29, 1.82) is 0 Å². The maximum atomic E-state index is 12.7. The first-order chi connectivity index (χ1) is 19.5. The summed E-state index contributed by atoms with van der Waals surface area (Å²) < 4.78 is 11.6. The van der Waals surface area contributed by atoms with Crippen molar-refractivity contribution in [2.75, 3.05) is 13.2 Å². The van der Waals surface area contributed by atoms with E-state index in [1.165, 1.54) is 6.92 Å². The molecule has 1 heterocycles. The number of rotatable bonds is 13. The molecule has 0 aliphatic carbocycles. The van der Waals surface area contributed by atoms with E-state index in [1.807, 2.05) is 61.5 Å². The minimum Gasteiger partial charge on any atom is -0.465 e. The number of nitrogens with one attached hydrogen (secondary N) is 1. The molecule has 0 unspecified atom stereocenters. The lowest BCUT2D eigenvalue weighted by Gasteiger charge is -2.34. The number of ether oxygens (including phenoxy) is 2. The molecule has 0 spiro atoms. The maximum absolute atomic E-state index is 12.7. The molecule has 0 aromatic heterocycles. The highest BCUT2D eigenvalue weighted by molar-refractivity contribution is 7.80. The van der Waals surface area contributed by atoms with Crippen LogP contribution in [-0.4, -0.2) is 59.1 Å². The molecule has 222 valence electrons. The summed E-state index contributed by atoms with van der Waals surface area (Å²) in [5.41, 5.74) is 7.52. The van der Waals surface area contributed by atoms with E-state index < -0.39 is 17.5 Å². The normalized spacial score (nSPS) is 18.9. The van der Waals surface area contributed by atoms with Crippen molar-refractivity contribution in [3.63, 3.8) is 0 Å². The van der Waals surface area contributed by atoms with Gasteiger partial charge in [0.15, 0.2) is 0 Å². The third kappa shape index (κ3) is 10.2. The first kappa shape index (κ1) is 32.7. The van der Waals surface area contributed by atoms with Crippen LogP contribution in [0, 0.1) is 5.41 Å². The van der Waals surface area contributed by atoms with Gasteiger partial charge in [0.25, 0.3) is 0 Å². The standard InChI is InChI=1S/C32H42ClN3O4S/c1-22(34)30(38)35-29(23(2)39-20-25-10-6-5-7-11-25)31(41)36-17-9-14-28(36)15-16-32(4,21-40-24(3)37)19-26-12-8-13-27(33)18-26/h5-8,10-13,15-16,18,22-23,28-29H,9,14,17,19-21,34H2,1-4H3,(H,35,38)/b16-15+/t22-,23+,28-,29-,32-/m0/s1. The summed E-state index contributed by atoms with van der Waals surface area (Å²) in [5, 5.41) is 3.69. The lowest BCUT2D eigenvalue weighted by Crippen LogP contribution is -2.56. The van der Waals surface area contributed by atoms with Gasteiger partial charge in [-0.2, -0.15) is 0 Å². The van der Waals surface area contributed by atoms with E-state index in [4.69, 9.17) is 39.0 Å². The van der Waals surface area contributed by atoms with Gasteiger partial charge in [-0.05, 0) is 56.4 Å². The van der Waals surface area contributed by atoms with Gasteiger partial charge in [0.05, 0.1) is 18.8 Å². The van der Waals surface area contributed by atoms with E-state index in [0.29, 0.717) is 23.0 Å². The number of nitrogens with zero attached hydrogens (tertiary/aromatic N) is 1. The van der Waals surface area contributed by atoms with Crippen LogP contribution in [0.4, 0.5) is 0 Å². The van der Waals surface area contributed by atoms with Crippen molar-refractivity contribution >= 4 is 40.7 Å². The van der Waals surface area contributed by atoms with Crippen LogP contribution in [0.3, 0.4) is 0 Å². The molecule has 1 aliphatic rings. The summed E-state index contributed by atoms with van der Waals surface area (Å²) in [6.45, 7) is 8.45. The van der Waals surface area contributed by atoms with Gasteiger partial charge in [-0.1, -0.05) is 85.4 Å². The SMILES string of the molecule is CC(=O)OC[C@@](C)(/C=C/[C@@H]1CCCN1C(=S)[C@@H](NC(=O)[C@H](C)N)[C@@H](C)OCc1ccccc1)Cc1cccc(Cl)c1. The number of amides is 1. The van der Waals surface area contributed by atoms with Gasteiger partial charge in [-0.15, -0.1) is 0 Å². The van der Waals surface area contributed by atoms with Gasteiger partial charge in [-0.3, -0.25) is 9.59 Å². The van der Waals surface area contributed by atoms with Gasteiger partial charge >= 0.3 is 5.97 Å². The Morgan fingerprint density at radius 1 is 1.20 bits per heavy atom. The van der Waals surface area contributed by atoms with E-state index in [0.717, 1.165) is 30.5 Å². The molecule has 7 nitrogen and oxygen atoms in total. The number of carbonyl (C=O) groups excluding carboxylic acids is 2. The molecule has 41 heavy (non-hydrogen) atoms. The number of nitrogens with two attached hydrogens (primary N) is 1. The molecule has 3 N–H and O–H groups in total. The van der Waals surface area contributed by atoms with Crippen molar-refractivity contribution < 1.29 is 19.1 Å². The Kier molecular flexibility index (Phi) is 12.3. The molecular weight excluding hydrogens is 558 g/mol. The monoisotopic (exact) mass is 599 g/mol. The molecule has 1 aliphatic heterocycles. The first-order valence-corrected chi connectivity index (χ1v) is 14.9. The van der Waals surface area contributed by atoms with Crippen LogP contribution in [0.1, 0.15) is 51.7 Å². The number of benzene rings is 2. The second kappa shape index (κ2) is 15.4. The van der Waals surface area contributed by atoms with Crippen LogP contribution in [0.5, 0.6) is 0 Å². The average molecular weight is 600 g/mol. The minimum atomic E-state index is -0.677. The van der Waals surface area contributed by atoms with Crippen molar-refractivity contribution in [2.45, 2.75) is 77.8 Å². The lowest BCUT2D eigenvalue weighted by atomic mass is 9.83. The largest absolute Gasteiger partial charge is 0.465 e. The van der Waals surface area contributed by atoms with Gasteiger partial charge in [0.2, 0.25) is 5.91 Å². The second-order valence-corrected chi connectivity index (χ2v) is 12.0. The summed E-state index contributed by atoms with van der Waals surface area (Å²) in [5.74, 6) is -0.606. The highest BCUT2D eigenvalue weighted by atomic mass is 35.5. The molecule has 0 bridgehead atoms. The fourth-order valence-corrected chi connectivity index (χ4v) is 5.58. The van der Waals surface area contributed by atoms with E-state index in [-0.39, 0.29) is 30.6 Å². The molecule has 1 saturated heterocycles. The highest BCUT2D eigenvalue weighted by Gasteiger charge is 2.34. The molecule has 2 aromatic carbocycles. The van der Waals surface area contributed by atoms with Crippen LogP contribution < -0.4 is 11.1 Å². The maximum Gasteiger partial charge on any atom is 0.302 e. The lowest BCUT2D eigenvalue weighted by molar-refractivity contribution is -0.143. The Morgan fingerprint density at radius 2 is 1.90 bits per heavy atom. The topological polar surface area (TPSA) is 93.9 Å². The number of hydrogen-bond acceptors (Lipinski definition) is 6. The molecule has 9 heteroatoms. The van der Waals surface area contributed by atoms with Gasteiger partial charge in [0, 0.05) is 29.9 Å². The highest BCUT2D eigenvalue weighted by Crippen LogP contribution is 2.29. The van der Waals surface area contributed by atoms with E-state index in [1.54, 1.807) is 6.92 Å². The number of hydrogen-bond donors (Lipinski definition) is 2. The Bertz CT molecular complexity index is 1210. The fraction of sp³-hybridized carbons (Fsp3) is 0.469. The molecule has 2 aromatic rings. The molecular formula is C32H42ClN3O4S. The van der Waals surface area contributed by atoms with Crippen molar-refractivity contribution in [3.8, 4) is 0 Å². The number of esters is 1. The van der Waals surface area contributed by atoms with Crippen LogP contribution in [0.2, 0.25) is 5.02 Å². The van der Waals surface area contributed by atoms with E-state index in [9.17, 15) is 9.59 Å². The minimum absolute atomic E-state index is 0.0227. The van der Waals surface area contributed by atoms with Crippen molar-refractivity contribution in [1.82, 2.24) is 10.2 Å². The number of likely N-dealkylation sites (tertiary alicyclic amines) is 1. The molecule has 1 amide bonds. The van der Waals surface area contributed by atoms with Crippen LogP contribution in [-0.2, 0) is 32.1 Å². The zero-order valence-electron chi connectivity index (χ0n) is 24.3.